The van der Waals surface area contributed by atoms with Gasteiger partial charge in [0, 0.05) is 11.6 Å². The lowest BCUT2D eigenvalue weighted by Gasteiger charge is -2.12. The predicted molar refractivity (Wildman–Crippen MR) is 83.3 cm³/mol. The van der Waals surface area contributed by atoms with Gasteiger partial charge in [0.2, 0.25) is 0 Å². The molecule has 2 aromatic carbocycles. The van der Waals surface area contributed by atoms with Gasteiger partial charge >= 0.3 is 0 Å². The van der Waals surface area contributed by atoms with E-state index in [9.17, 15) is 0 Å². The van der Waals surface area contributed by atoms with Crippen molar-refractivity contribution in [2.75, 3.05) is 20.3 Å². The Balaban J connectivity index is 1.86. The van der Waals surface area contributed by atoms with Crippen LogP contribution in [0.25, 0.3) is 0 Å². The van der Waals surface area contributed by atoms with Gasteiger partial charge in [0.25, 0.3) is 0 Å². The normalized spacial score (nSPS) is 10.2. The molecule has 0 aliphatic rings. The third-order valence-corrected chi connectivity index (χ3v) is 3.14. The van der Waals surface area contributed by atoms with E-state index in [0.29, 0.717) is 36.3 Å². The van der Waals surface area contributed by atoms with Crippen LogP contribution in [0.3, 0.4) is 0 Å². The molecule has 2 N–H and O–H groups in total. The molecule has 0 aliphatic carbocycles. The number of nitrogens with two attached hydrogens (primary N) is 1. The molecule has 2 aromatic rings. The molecule has 0 fully saturated rings. The van der Waals surface area contributed by atoms with Crippen LogP contribution in [0.15, 0.2) is 42.5 Å². The van der Waals surface area contributed by atoms with E-state index in [-0.39, 0.29) is 0 Å². The van der Waals surface area contributed by atoms with Gasteiger partial charge in [-0.05, 0) is 42.0 Å². The summed E-state index contributed by atoms with van der Waals surface area (Å²) in [6.07, 6.45) is 0. The van der Waals surface area contributed by atoms with Crippen LogP contribution in [-0.4, -0.2) is 20.3 Å². The van der Waals surface area contributed by atoms with Crippen molar-refractivity contribution in [1.29, 1.82) is 0 Å². The van der Waals surface area contributed by atoms with Crippen LogP contribution in [0, 0.1) is 0 Å². The molecule has 2 rings (SSSR count). The molecule has 4 nitrogen and oxygen atoms in total. The standard InChI is InChI=1S/C16H18ClNO3/c1-19-15-7-2-12(11-18)10-16(15)21-9-8-20-14-5-3-13(17)4-6-14/h2-7,10H,8-9,11,18H2,1H3. The number of benzene rings is 2. The minimum Gasteiger partial charge on any atom is -0.493 e. The van der Waals surface area contributed by atoms with E-state index in [2.05, 4.69) is 0 Å². The first-order valence-corrected chi connectivity index (χ1v) is 6.99. The number of hydrogen-bond donors (Lipinski definition) is 1. The summed E-state index contributed by atoms with van der Waals surface area (Å²) in [7, 11) is 1.61. The van der Waals surface area contributed by atoms with Crippen molar-refractivity contribution in [2.24, 2.45) is 5.73 Å². The molecule has 5 heteroatoms. The Bertz CT molecular complexity index is 572. The molecule has 0 spiro atoms. The molecule has 0 atom stereocenters. The van der Waals surface area contributed by atoms with Crippen LogP contribution in [0.2, 0.25) is 5.02 Å². The van der Waals surface area contributed by atoms with E-state index >= 15 is 0 Å². The van der Waals surface area contributed by atoms with E-state index in [1.807, 2.05) is 30.3 Å². The second-order valence-electron chi connectivity index (χ2n) is 4.34. The molecule has 0 saturated carbocycles. The van der Waals surface area contributed by atoms with Gasteiger partial charge in [-0.1, -0.05) is 17.7 Å². The van der Waals surface area contributed by atoms with Gasteiger partial charge in [0.1, 0.15) is 19.0 Å². The molecule has 0 aliphatic heterocycles. The quantitative estimate of drug-likeness (QED) is 0.798. The zero-order valence-electron chi connectivity index (χ0n) is 11.8. The maximum absolute atomic E-state index is 5.81. The Hall–Kier alpha value is -1.91. The molecule has 0 bridgehead atoms. The maximum atomic E-state index is 5.81. The molecular weight excluding hydrogens is 290 g/mol. The lowest BCUT2D eigenvalue weighted by atomic mass is 10.2. The smallest absolute Gasteiger partial charge is 0.161 e. The van der Waals surface area contributed by atoms with Gasteiger partial charge in [-0.3, -0.25) is 0 Å². The Morgan fingerprint density at radius 3 is 2.33 bits per heavy atom. The third kappa shape index (κ3) is 4.55. The molecule has 112 valence electrons. The maximum Gasteiger partial charge on any atom is 0.161 e. The van der Waals surface area contributed by atoms with Crippen molar-refractivity contribution >= 4 is 11.6 Å². The highest BCUT2D eigenvalue weighted by Crippen LogP contribution is 2.27. The SMILES string of the molecule is COc1ccc(CN)cc1OCCOc1ccc(Cl)cc1. The number of halogens is 1. The molecule has 0 aromatic heterocycles. The van der Waals surface area contributed by atoms with Crippen LogP contribution in [-0.2, 0) is 6.54 Å². The summed E-state index contributed by atoms with van der Waals surface area (Å²) in [6.45, 7) is 1.30. The Kier molecular flexibility index (Phi) is 5.72. The summed E-state index contributed by atoms with van der Waals surface area (Å²) in [5, 5.41) is 0.682. The second-order valence-corrected chi connectivity index (χ2v) is 4.78. The third-order valence-electron chi connectivity index (χ3n) is 2.89. The van der Waals surface area contributed by atoms with Crippen molar-refractivity contribution in [3.05, 3.63) is 53.1 Å². The van der Waals surface area contributed by atoms with Crippen molar-refractivity contribution in [3.8, 4) is 17.2 Å². The van der Waals surface area contributed by atoms with E-state index in [0.717, 1.165) is 11.3 Å². The molecule has 0 radical (unpaired) electrons. The van der Waals surface area contributed by atoms with Crippen LogP contribution >= 0.6 is 11.6 Å². The summed E-state index contributed by atoms with van der Waals surface area (Å²) >= 11 is 5.81. The number of methoxy groups -OCH3 is 1. The summed E-state index contributed by atoms with van der Waals surface area (Å²) in [4.78, 5) is 0. The van der Waals surface area contributed by atoms with Crippen LogP contribution in [0.5, 0.6) is 17.2 Å². The van der Waals surface area contributed by atoms with Crippen molar-refractivity contribution in [1.82, 2.24) is 0 Å². The van der Waals surface area contributed by atoms with Gasteiger partial charge in [0.05, 0.1) is 7.11 Å². The van der Waals surface area contributed by atoms with E-state index < -0.39 is 0 Å². The first-order valence-electron chi connectivity index (χ1n) is 6.61. The monoisotopic (exact) mass is 307 g/mol. The molecular formula is C16H18ClNO3. The number of hydrogen-bond acceptors (Lipinski definition) is 4. The fourth-order valence-electron chi connectivity index (χ4n) is 1.80. The Labute approximate surface area is 129 Å². The van der Waals surface area contributed by atoms with E-state index in [4.69, 9.17) is 31.5 Å². The minimum absolute atomic E-state index is 0.410. The molecule has 0 unspecified atom stereocenters. The second kappa shape index (κ2) is 7.76. The minimum atomic E-state index is 0.410. The highest BCUT2D eigenvalue weighted by atomic mass is 35.5. The van der Waals surface area contributed by atoms with Crippen molar-refractivity contribution < 1.29 is 14.2 Å². The number of rotatable bonds is 7. The zero-order valence-corrected chi connectivity index (χ0v) is 12.6. The summed E-state index contributed by atoms with van der Waals surface area (Å²) in [5.74, 6) is 2.10. The lowest BCUT2D eigenvalue weighted by Crippen LogP contribution is -2.10. The van der Waals surface area contributed by atoms with Gasteiger partial charge in [-0.15, -0.1) is 0 Å². The Morgan fingerprint density at radius 1 is 0.952 bits per heavy atom. The summed E-state index contributed by atoms with van der Waals surface area (Å²) < 4.78 is 16.5. The summed E-state index contributed by atoms with van der Waals surface area (Å²) in [6, 6.07) is 12.8. The number of ether oxygens (including phenoxy) is 3. The lowest BCUT2D eigenvalue weighted by molar-refractivity contribution is 0.211. The highest BCUT2D eigenvalue weighted by molar-refractivity contribution is 6.30. The first-order chi connectivity index (χ1) is 10.2. The predicted octanol–water partition coefficient (Wildman–Crippen LogP) is 3.27. The fourth-order valence-corrected chi connectivity index (χ4v) is 1.93. The van der Waals surface area contributed by atoms with Gasteiger partial charge in [0.15, 0.2) is 11.5 Å². The molecule has 0 heterocycles. The highest BCUT2D eigenvalue weighted by Gasteiger charge is 2.05. The van der Waals surface area contributed by atoms with Gasteiger partial charge < -0.3 is 19.9 Å². The molecule has 0 saturated heterocycles. The first kappa shape index (κ1) is 15.5. The fraction of sp³-hybridized carbons (Fsp3) is 0.250. The topological polar surface area (TPSA) is 53.7 Å². The van der Waals surface area contributed by atoms with E-state index in [1.54, 1.807) is 19.2 Å². The molecule has 21 heavy (non-hydrogen) atoms. The average molecular weight is 308 g/mol. The largest absolute Gasteiger partial charge is 0.493 e. The van der Waals surface area contributed by atoms with E-state index in [1.165, 1.54) is 0 Å². The summed E-state index contributed by atoms with van der Waals surface area (Å²) in [5.41, 5.74) is 6.61. The van der Waals surface area contributed by atoms with Crippen LogP contribution < -0.4 is 19.9 Å². The average Bonchev–Trinajstić information content (AvgIpc) is 2.53. The van der Waals surface area contributed by atoms with Crippen LogP contribution in [0.4, 0.5) is 0 Å². The zero-order chi connectivity index (χ0) is 15.1. The van der Waals surface area contributed by atoms with Crippen molar-refractivity contribution in [2.45, 2.75) is 6.54 Å². The van der Waals surface area contributed by atoms with Crippen LogP contribution in [0.1, 0.15) is 5.56 Å². The Morgan fingerprint density at radius 2 is 1.67 bits per heavy atom. The molecule has 0 amide bonds. The van der Waals surface area contributed by atoms with Gasteiger partial charge in [-0.2, -0.15) is 0 Å². The van der Waals surface area contributed by atoms with Gasteiger partial charge in [-0.25, -0.2) is 0 Å². The van der Waals surface area contributed by atoms with Crippen molar-refractivity contribution in [3.63, 3.8) is 0 Å².